The third-order valence-electron chi connectivity index (χ3n) is 7.12. The van der Waals surface area contributed by atoms with Crippen LogP contribution in [0.1, 0.15) is 31.4 Å². The first kappa shape index (κ1) is 19.1. The molecule has 3 aliphatic rings. The summed E-state index contributed by atoms with van der Waals surface area (Å²) in [5.41, 5.74) is 3.34. The summed E-state index contributed by atoms with van der Waals surface area (Å²) in [7, 11) is 1.96. The average Bonchev–Trinajstić information content (AvgIpc) is 3.36. The van der Waals surface area contributed by atoms with Gasteiger partial charge in [-0.1, -0.05) is 0 Å². The first-order chi connectivity index (χ1) is 14.1. The third-order valence-corrected chi connectivity index (χ3v) is 7.12. The average molecular weight is 396 g/mol. The van der Waals surface area contributed by atoms with Crippen LogP contribution in [0.3, 0.4) is 0 Å². The molecule has 2 aliphatic heterocycles. The van der Waals surface area contributed by atoms with E-state index in [4.69, 9.17) is 4.74 Å². The van der Waals surface area contributed by atoms with Gasteiger partial charge in [-0.3, -0.25) is 4.68 Å². The monoisotopic (exact) mass is 395 g/mol. The molecule has 5 rings (SSSR count). The van der Waals surface area contributed by atoms with Crippen LogP contribution in [-0.2, 0) is 11.8 Å². The quantitative estimate of drug-likeness (QED) is 0.842. The molecular weight excluding hydrogens is 362 g/mol. The molecule has 2 saturated heterocycles. The lowest BCUT2D eigenvalue weighted by molar-refractivity contribution is 0.0545. The maximum absolute atomic E-state index is 5.51. The Labute approximate surface area is 173 Å². The number of aromatic nitrogens is 3. The predicted molar refractivity (Wildman–Crippen MR) is 115 cm³/mol. The van der Waals surface area contributed by atoms with Crippen LogP contribution in [0.15, 0.2) is 24.5 Å². The van der Waals surface area contributed by atoms with Gasteiger partial charge in [0.2, 0.25) is 0 Å². The lowest BCUT2D eigenvalue weighted by Crippen LogP contribution is -2.32. The molecule has 156 valence electrons. The number of aryl methyl sites for hydroxylation is 2. The Balaban J connectivity index is 1.13. The summed E-state index contributed by atoms with van der Waals surface area (Å²) >= 11 is 0. The Hall–Kier alpha value is -1.92. The lowest BCUT2D eigenvalue weighted by atomic mass is 10.00. The Kier molecular flexibility index (Phi) is 5.31. The fourth-order valence-electron chi connectivity index (χ4n) is 5.69. The summed E-state index contributed by atoms with van der Waals surface area (Å²) in [6.45, 7) is 7.82. The molecule has 0 spiro atoms. The van der Waals surface area contributed by atoms with Crippen molar-refractivity contribution in [2.24, 2.45) is 24.8 Å². The minimum Gasteiger partial charge on any atom is -0.381 e. The molecule has 6 nitrogen and oxygen atoms in total. The topological polar surface area (TPSA) is 55.2 Å². The van der Waals surface area contributed by atoms with Crippen LogP contribution in [0.2, 0.25) is 0 Å². The molecule has 29 heavy (non-hydrogen) atoms. The van der Waals surface area contributed by atoms with E-state index in [2.05, 4.69) is 38.6 Å². The van der Waals surface area contributed by atoms with Crippen LogP contribution in [0.4, 0.5) is 5.82 Å². The van der Waals surface area contributed by atoms with Crippen molar-refractivity contribution in [2.75, 3.05) is 38.2 Å². The Morgan fingerprint density at radius 1 is 1.14 bits per heavy atom. The fourth-order valence-corrected chi connectivity index (χ4v) is 5.69. The van der Waals surface area contributed by atoms with E-state index in [-0.39, 0.29) is 0 Å². The van der Waals surface area contributed by atoms with Crippen molar-refractivity contribution >= 4 is 5.82 Å². The molecule has 6 heteroatoms. The van der Waals surface area contributed by atoms with Crippen LogP contribution in [-0.4, -0.2) is 58.6 Å². The highest BCUT2D eigenvalue weighted by Crippen LogP contribution is 2.39. The number of pyridine rings is 1. The van der Waals surface area contributed by atoms with E-state index >= 15 is 0 Å². The lowest BCUT2D eigenvalue weighted by Gasteiger charge is -2.27. The van der Waals surface area contributed by atoms with Gasteiger partial charge in [-0.2, -0.15) is 5.10 Å². The second-order valence-corrected chi connectivity index (χ2v) is 9.34. The van der Waals surface area contributed by atoms with E-state index in [9.17, 15) is 0 Å². The summed E-state index contributed by atoms with van der Waals surface area (Å²) in [5, 5.41) is 8.13. The van der Waals surface area contributed by atoms with Crippen LogP contribution < -0.4 is 5.32 Å². The van der Waals surface area contributed by atoms with Crippen molar-refractivity contribution in [3.8, 4) is 11.1 Å². The largest absolute Gasteiger partial charge is 0.381 e. The normalized spacial score (nSPS) is 28.0. The third kappa shape index (κ3) is 4.19. The van der Waals surface area contributed by atoms with Crippen LogP contribution in [0.25, 0.3) is 11.1 Å². The van der Waals surface area contributed by atoms with Gasteiger partial charge in [0.05, 0.1) is 5.69 Å². The summed E-state index contributed by atoms with van der Waals surface area (Å²) in [4.78, 5) is 7.41. The number of likely N-dealkylation sites (tertiary alicyclic amines) is 1. The Morgan fingerprint density at radius 2 is 1.90 bits per heavy atom. The first-order valence-corrected chi connectivity index (χ1v) is 11.2. The molecule has 0 aromatic carbocycles. The standard InChI is InChI=1S/C23H33N5O/c1-16-22(15-27(2)26-16)18-3-4-23(24-11-18)25-21-9-19-13-28(14-20(19)10-21)12-17-5-7-29-8-6-17/h3-4,11,15,17,19-21H,5-10,12-14H2,1-2H3,(H,24,25)/t19-,20+,21+. The number of fused-ring (bicyclic) bond motifs is 1. The smallest absolute Gasteiger partial charge is 0.126 e. The summed E-state index contributed by atoms with van der Waals surface area (Å²) < 4.78 is 7.37. The van der Waals surface area contributed by atoms with Gasteiger partial charge in [0, 0.05) is 69.5 Å². The maximum Gasteiger partial charge on any atom is 0.126 e. The Morgan fingerprint density at radius 3 is 2.52 bits per heavy atom. The number of nitrogens with zero attached hydrogens (tertiary/aromatic N) is 4. The van der Waals surface area contributed by atoms with Gasteiger partial charge in [0.1, 0.15) is 5.82 Å². The summed E-state index contributed by atoms with van der Waals surface area (Å²) in [6, 6.07) is 4.84. The zero-order chi connectivity index (χ0) is 19.8. The molecule has 4 heterocycles. The van der Waals surface area contributed by atoms with Gasteiger partial charge < -0.3 is 15.0 Å². The molecule has 1 saturated carbocycles. The molecule has 0 amide bonds. The predicted octanol–water partition coefficient (Wildman–Crippen LogP) is 3.34. The van der Waals surface area contributed by atoms with Gasteiger partial charge >= 0.3 is 0 Å². The minimum atomic E-state index is 0.564. The summed E-state index contributed by atoms with van der Waals surface area (Å²) in [6.07, 6.45) is 9.08. The maximum atomic E-state index is 5.51. The van der Waals surface area contributed by atoms with Crippen molar-refractivity contribution in [2.45, 2.75) is 38.6 Å². The second kappa shape index (κ2) is 8.07. The van der Waals surface area contributed by atoms with Gasteiger partial charge in [-0.25, -0.2) is 4.98 Å². The zero-order valence-corrected chi connectivity index (χ0v) is 17.7. The number of anilines is 1. The number of rotatable bonds is 5. The molecule has 1 N–H and O–H groups in total. The van der Waals surface area contributed by atoms with Crippen molar-refractivity contribution < 1.29 is 4.74 Å². The highest BCUT2D eigenvalue weighted by molar-refractivity contribution is 5.65. The minimum absolute atomic E-state index is 0.564. The van der Waals surface area contributed by atoms with Crippen molar-refractivity contribution in [3.63, 3.8) is 0 Å². The molecule has 2 aromatic rings. The van der Waals surface area contributed by atoms with Crippen molar-refractivity contribution in [1.29, 1.82) is 0 Å². The number of nitrogens with one attached hydrogen (secondary N) is 1. The van der Waals surface area contributed by atoms with Crippen LogP contribution >= 0.6 is 0 Å². The molecule has 0 radical (unpaired) electrons. The molecule has 0 unspecified atom stereocenters. The first-order valence-electron chi connectivity index (χ1n) is 11.2. The van der Waals surface area contributed by atoms with E-state index in [1.165, 1.54) is 45.3 Å². The number of hydrogen-bond donors (Lipinski definition) is 1. The van der Waals surface area contributed by atoms with Crippen molar-refractivity contribution in [1.82, 2.24) is 19.7 Å². The molecule has 0 bridgehead atoms. The molecule has 3 fully saturated rings. The van der Waals surface area contributed by atoms with Crippen LogP contribution in [0, 0.1) is 24.7 Å². The second-order valence-electron chi connectivity index (χ2n) is 9.34. The van der Waals surface area contributed by atoms with Crippen LogP contribution in [0.5, 0.6) is 0 Å². The van der Waals surface area contributed by atoms with Crippen molar-refractivity contribution in [3.05, 3.63) is 30.2 Å². The van der Waals surface area contributed by atoms with E-state index in [0.717, 1.165) is 53.6 Å². The highest BCUT2D eigenvalue weighted by atomic mass is 16.5. The number of hydrogen-bond acceptors (Lipinski definition) is 5. The summed E-state index contributed by atoms with van der Waals surface area (Å²) in [5.74, 6) is 3.55. The highest BCUT2D eigenvalue weighted by Gasteiger charge is 2.41. The van der Waals surface area contributed by atoms with E-state index in [0.29, 0.717) is 6.04 Å². The SMILES string of the molecule is Cc1nn(C)cc1-c1ccc(N[C@H]2C[C@@H]3CN(CC4CCOCC4)C[C@@H]3C2)nc1. The number of ether oxygens (including phenoxy) is 1. The van der Waals surface area contributed by atoms with E-state index in [1.807, 2.05) is 24.9 Å². The van der Waals surface area contributed by atoms with Gasteiger partial charge in [0.25, 0.3) is 0 Å². The fraction of sp³-hybridized carbons (Fsp3) is 0.652. The molecule has 1 aliphatic carbocycles. The molecule has 3 atom stereocenters. The van der Waals surface area contributed by atoms with Gasteiger partial charge in [0.15, 0.2) is 0 Å². The van der Waals surface area contributed by atoms with Gasteiger partial charge in [-0.15, -0.1) is 0 Å². The Bertz CT molecular complexity index is 812. The van der Waals surface area contributed by atoms with E-state index < -0.39 is 0 Å². The zero-order valence-electron chi connectivity index (χ0n) is 17.7. The molecule has 2 aromatic heterocycles. The van der Waals surface area contributed by atoms with Gasteiger partial charge in [-0.05, 0) is 62.5 Å². The molecular formula is C23H33N5O. The van der Waals surface area contributed by atoms with E-state index in [1.54, 1.807) is 0 Å².